The molecule has 0 spiro atoms. The van der Waals surface area contributed by atoms with Crippen molar-refractivity contribution < 1.29 is 13.2 Å². The van der Waals surface area contributed by atoms with Gasteiger partial charge in [0.1, 0.15) is 11.8 Å². The summed E-state index contributed by atoms with van der Waals surface area (Å²) in [5, 5.41) is 8.83. The lowest BCUT2D eigenvalue weighted by Crippen LogP contribution is -2.10. The van der Waals surface area contributed by atoms with Crippen LogP contribution in [-0.4, -0.2) is 34.3 Å². The Labute approximate surface area is 189 Å². The first-order valence-electron chi connectivity index (χ1n) is 9.87. The van der Waals surface area contributed by atoms with E-state index in [-0.39, 0.29) is 17.8 Å². The average Bonchev–Trinajstić information content (AvgIpc) is 3.33. The van der Waals surface area contributed by atoms with Gasteiger partial charge in [-0.2, -0.15) is 23.4 Å². The molecule has 8 nitrogen and oxygen atoms in total. The zero-order chi connectivity index (χ0) is 23.2. The summed E-state index contributed by atoms with van der Waals surface area (Å²) >= 11 is 3.65. The molecule has 4 rings (SSSR count). The van der Waals surface area contributed by atoms with Crippen molar-refractivity contribution in [3.05, 3.63) is 52.7 Å². The third-order valence-corrected chi connectivity index (χ3v) is 6.02. The van der Waals surface area contributed by atoms with Gasteiger partial charge in [-0.15, -0.1) is 0 Å². The fraction of sp³-hybridized carbons (Fsp3) is 0.350. The Morgan fingerprint density at radius 1 is 1.09 bits per heavy atom. The first-order valence-corrected chi connectivity index (χ1v) is 10.7. The highest BCUT2D eigenvalue weighted by Crippen LogP contribution is 2.43. The van der Waals surface area contributed by atoms with Crippen molar-refractivity contribution in [2.75, 3.05) is 5.73 Å². The summed E-state index contributed by atoms with van der Waals surface area (Å²) in [5.41, 5.74) is 9.30. The molecule has 0 bridgehead atoms. The first-order chi connectivity index (χ1) is 15.1. The average molecular weight is 509 g/mol. The third kappa shape index (κ3) is 3.72. The number of anilines is 1. The second-order valence-electron chi connectivity index (χ2n) is 7.58. The fourth-order valence-electron chi connectivity index (χ4n) is 3.68. The zero-order valence-corrected chi connectivity index (χ0v) is 19.1. The van der Waals surface area contributed by atoms with Crippen molar-refractivity contribution in [2.24, 2.45) is 0 Å². The summed E-state index contributed by atoms with van der Waals surface area (Å²) in [6.07, 6.45) is 3.49. The van der Waals surface area contributed by atoms with E-state index in [2.05, 4.69) is 41.1 Å². The minimum absolute atomic E-state index is 0.109. The monoisotopic (exact) mass is 508 g/mol. The number of nitrogen functional groups attached to an aromatic ring is 1. The molecule has 0 saturated heterocycles. The van der Waals surface area contributed by atoms with Crippen molar-refractivity contribution >= 4 is 27.3 Å². The van der Waals surface area contributed by atoms with Crippen LogP contribution in [0.15, 0.2) is 35.6 Å². The Morgan fingerprint density at radius 3 is 2.34 bits per heavy atom. The summed E-state index contributed by atoms with van der Waals surface area (Å²) in [6, 6.07) is 0.201. The van der Waals surface area contributed by atoms with E-state index in [0.717, 1.165) is 30.1 Å². The van der Waals surface area contributed by atoms with Gasteiger partial charge in [-0.25, -0.2) is 19.5 Å². The van der Waals surface area contributed by atoms with E-state index in [1.165, 1.54) is 6.33 Å². The molecule has 168 valence electrons. The van der Waals surface area contributed by atoms with E-state index in [1.54, 1.807) is 4.52 Å². The molecule has 0 amide bonds. The molecule has 4 heterocycles. The van der Waals surface area contributed by atoms with Crippen LogP contribution in [-0.2, 0) is 6.18 Å². The first kappa shape index (κ1) is 22.2. The van der Waals surface area contributed by atoms with Crippen LogP contribution in [0.25, 0.3) is 16.6 Å². The molecule has 0 aliphatic carbocycles. The van der Waals surface area contributed by atoms with Crippen LogP contribution >= 0.6 is 15.9 Å². The van der Waals surface area contributed by atoms with Gasteiger partial charge < -0.3 is 5.73 Å². The summed E-state index contributed by atoms with van der Waals surface area (Å²) in [5.74, 6) is -1.13. The molecular weight excluding hydrogens is 489 g/mol. The molecule has 32 heavy (non-hydrogen) atoms. The van der Waals surface area contributed by atoms with Crippen molar-refractivity contribution in [1.82, 2.24) is 34.3 Å². The Balaban J connectivity index is 1.93. The lowest BCUT2D eigenvalue weighted by Gasteiger charge is -2.14. The van der Waals surface area contributed by atoms with Crippen LogP contribution in [0.1, 0.15) is 56.2 Å². The maximum absolute atomic E-state index is 12.9. The largest absolute Gasteiger partial charge is 0.451 e. The molecule has 0 fully saturated rings. The van der Waals surface area contributed by atoms with Crippen molar-refractivity contribution in [1.29, 1.82) is 0 Å². The molecule has 0 aromatic carbocycles. The highest BCUT2D eigenvalue weighted by molar-refractivity contribution is 9.10. The predicted molar refractivity (Wildman–Crippen MR) is 116 cm³/mol. The maximum Gasteiger partial charge on any atom is 0.451 e. The van der Waals surface area contributed by atoms with Crippen LogP contribution in [0.5, 0.6) is 0 Å². The molecule has 0 radical (unpaired) electrons. The molecule has 2 N–H and O–H groups in total. The normalized spacial score (nSPS) is 13.2. The molecule has 4 aromatic heterocycles. The van der Waals surface area contributed by atoms with Gasteiger partial charge in [0.2, 0.25) is 5.82 Å². The number of alkyl halides is 3. The number of fused-ring (bicyclic) bond motifs is 1. The molecular formula is C20H20BrF3N8. The SMILES string of the molecule is CCC(c1cnn(C(C)C)c1)c1c(Br)c(-c2cnc(C(F)(F)F)nc2)c2c(N)ncnn12. The topological polar surface area (TPSA) is 99.8 Å². The van der Waals surface area contributed by atoms with E-state index in [1.807, 2.05) is 37.8 Å². The van der Waals surface area contributed by atoms with Gasteiger partial charge in [-0.3, -0.25) is 4.68 Å². The van der Waals surface area contributed by atoms with Crippen molar-refractivity contribution in [3.8, 4) is 11.1 Å². The second-order valence-corrected chi connectivity index (χ2v) is 8.37. The fourth-order valence-corrected chi connectivity index (χ4v) is 4.54. The van der Waals surface area contributed by atoms with Gasteiger partial charge in [0.15, 0.2) is 5.82 Å². The Hall–Kier alpha value is -3.02. The number of hydrogen-bond donors (Lipinski definition) is 1. The number of rotatable bonds is 5. The van der Waals surface area contributed by atoms with Gasteiger partial charge in [-0.05, 0) is 41.8 Å². The summed E-state index contributed by atoms with van der Waals surface area (Å²) in [4.78, 5) is 11.1. The Bertz CT molecular complexity index is 1260. The predicted octanol–water partition coefficient (Wildman–Crippen LogP) is 4.87. The van der Waals surface area contributed by atoms with Gasteiger partial charge >= 0.3 is 6.18 Å². The highest BCUT2D eigenvalue weighted by Gasteiger charge is 2.35. The maximum atomic E-state index is 12.9. The summed E-state index contributed by atoms with van der Waals surface area (Å²) < 4.78 is 43.0. The quantitative estimate of drug-likeness (QED) is 0.412. The highest BCUT2D eigenvalue weighted by atomic mass is 79.9. The number of hydrogen-bond acceptors (Lipinski definition) is 6. The number of aromatic nitrogens is 7. The van der Waals surface area contributed by atoms with E-state index < -0.39 is 12.0 Å². The van der Waals surface area contributed by atoms with E-state index in [9.17, 15) is 13.2 Å². The van der Waals surface area contributed by atoms with Crippen molar-refractivity contribution in [3.63, 3.8) is 0 Å². The standard InChI is InChI=1S/C20H20BrF3N8/c1-4-13(12-7-29-31(8-12)10(2)3)16-15(21)14(17-18(25)28-9-30-32(16)17)11-5-26-19(27-6-11)20(22,23)24/h5-10,13H,4H2,1-3H3,(H2,25,28,30). The van der Waals surface area contributed by atoms with Crippen LogP contribution in [0.2, 0.25) is 0 Å². The van der Waals surface area contributed by atoms with Gasteiger partial charge in [-0.1, -0.05) is 6.92 Å². The van der Waals surface area contributed by atoms with Crippen LogP contribution in [0, 0.1) is 0 Å². The summed E-state index contributed by atoms with van der Waals surface area (Å²) in [7, 11) is 0. The molecule has 1 unspecified atom stereocenters. The van der Waals surface area contributed by atoms with Gasteiger partial charge in [0, 0.05) is 46.1 Å². The minimum Gasteiger partial charge on any atom is -0.382 e. The minimum atomic E-state index is -4.63. The van der Waals surface area contributed by atoms with Crippen LogP contribution in [0.3, 0.4) is 0 Å². The molecule has 1 atom stereocenters. The number of nitrogens with two attached hydrogens (primary N) is 1. The molecule has 4 aromatic rings. The van der Waals surface area contributed by atoms with Crippen molar-refractivity contribution in [2.45, 2.75) is 45.3 Å². The second kappa shape index (κ2) is 8.15. The lowest BCUT2D eigenvalue weighted by molar-refractivity contribution is -0.144. The molecule has 0 saturated carbocycles. The molecule has 0 aliphatic rings. The van der Waals surface area contributed by atoms with E-state index >= 15 is 0 Å². The summed E-state index contributed by atoms with van der Waals surface area (Å²) in [6.45, 7) is 6.11. The molecule has 12 heteroatoms. The van der Waals surface area contributed by atoms with Crippen LogP contribution < -0.4 is 5.73 Å². The Kier molecular flexibility index (Phi) is 5.65. The smallest absolute Gasteiger partial charge is 0.382 e. The number of halogens is 4. The lowest BCUT2D eigenvalue weighted by atomic mass is 9.95. The van der Waals surface area contributed by atoms with Gasteiger partial charge in [0.25, 0.3) is 0 Å². The third-order valence-electron chi connectivity index (χ3n) is 5.21. The molecule has 0 aliphatic heterocycles. The number of nitrogens with zero attached hydrogens (tertiary/aromatic N) is 7. The Morgan fingerprint density at radius 2 is 1.78 bits per heavy atom. The van der Waals surface area contributed by atoms with E-state index in [0.29, 0.717) is 21.1 Å². The van der Waals surface area contributed by atoms with E-state index in [4.69, 9.17) is 5.73 Å². The zero-order valence-electron chi connectivity index (χ0n) is 17.5. The van der Waals surface area contributed by atoms with Gasteiger partial charge in [0.05, 0.1) is 11.9 Å². The van der Waals surface area contributed by atoms with Crippen LogP contribution in [0.4, 0.5) is 19.0 Å².